The number of amides is 2. The molecule has 0 radical (unpaired) electrons. The highest BCUT2D eigenvalue weighted by atomic mass is 16.3. The SMILES string of the molecule is CCC(C)(CCO)NC(=O)Nc1ccc2[nH]c(C)cc2c1. The number of carbonyl (C=O) groups is 1. The minimum atomic E-state index is -0.395. The molecule has 2 aromatic rings. The van der Waals surface area contributed by atoms with Crippen molar-refractivity contribution in [2.45, 2.75) is 39.2 Å². The Morgan fingerprint density at radius 3 is 2.81 bits per heavy atom. The number of urea groups is 1. The van der Waals surface area contributed by atoms with E-state index in [0.29, 0.717) is 6.42 Å². The van der Waals surface area contributed by atoms with Crippen LogP contribution in [0.15, 0.2) is 24.3 Å². The summed E-state index contributed by atoms with van der Waals surface area (Å²) < 4.78 is 0. The molecule has 0 aliphatic heterocycles. The first-order valence-electron chi connectivity index (χ1n) is 7.25. The molecule has 1 aromatic carbocycles. The molecule has 0 bridgehead atoms. The van der Waals surface area contributed by atoms with Crippen molar-refractivity contribution in [2.24, 2.45) is 0 Å². The molecule has 0 fully saturated rings. The lowest BCUT2D eigenvalue weighted by molar-refractivity contribution is 0.208. The topological polar surface area (TPSA) is 77.2 Å². The van der Waals surface area contributed by atoms with Crippen LogP contribution in [0.5, 0.6) is 0 Å². The first-order valence-corrected chi connectivity index (χ1v) is 7.25. The molecule has 1 aromatic heterocycles. The number of fused-ring (bicyclic) bond motifs is 1. The van der Waals surface area contributed by atoms with Gasteiger partial charge in [-0.15, -0.1) is 0 Å². The lowest BCUT2D eigenvalue weighted by Crippen LogP contribution is -2.48. The fourth-order valence-corrected chi connectivity index (χ4v) is 2.37. The number of hydrogen-bond acceptors (Lipinski definition) is 2. The van der Waals surface area contributed by atoms with Crippen LogP contribution < -0.4 is 10.6 Å². The fourth-order valence-electron chi connectivity index (χ4n) is 2.37. The zero-order valence-corrected chi connectivity index (χ0v) is 12.8. The maximum absolute atomic E-state index is 12.1. The first kappa shape index (κ1) is 15.4. The molecular weight excluding hydrogens is 266 g/mol. The number of nitrogens with one attached hydrogen (secondary N) is 3. The molecule has 2 rings (SSSR count). The minimum Gasteiger partial charge on any atom is -0.396 e. The van der Waals surface area contributed by atoms with E-state index in [-0.39, 0.29) is 12.6 Å². The predicted octanol–water partition coefficient (Wildman–Crippen LogP) is 3.15. The second-order valence-electron chi connectivity index (χ2n) is 5.72. The summed E-state index contributed by atoms with van der Waals surface area (Å²) in [5.41, 5.74) is 2.50. The maximum Gasteiger partial charge on any atom is 0.319 e. The van der Waals surface area contributed by atoms with Gasteiger partial charge in [0.2, 0.25) is 0 Å². The maximum atomic E-state index is 12.1. The van der Waals surface area contributed by atoms with Crippen molar-refractivity contribution in [3.63, 3.8) is 0 Å². The van der Waals surface area contributed by atoms with Crippen LogP contribution in [0, 0.1) is 6.92 Å². The van der Waals surface area contributed by atoms with Gasteiger partial charge in [0.05, 0.1) is 0 Å². The Balaban J connectivity index is 2.06. The molecule has 0 saturated heterocycles. The number of H-pyrrole nitrogens is 1. The van der Waals surface area contributed by atoms with Crippen molar-refractivity contribution in [3.05, 3.63) is 30.0 Å². The fraction of sp³-hybridized carbons (Fsp3) is 0.438. The summed E-state index contributed by atoms with van der Waals surface area (Å²) in [5.74, 6) is 0. The third kappa shape index (κ3) is 3.76. The third-order valence-corrected chi connectivity index (χ3v) is 3.87. The van der Waals surface area contributed by atoms with E-state index >= 15 is 0 Å². The quantitative estimate of drug-likeness (QED) is 0.682. The van der Waals surface area contributed by atoms with E-state index in [1.807, 2.05) is 45.0 Å². The standard InChI is InChI=1S/C16H23N3O2/c1-4-16(3,7-8-20)19-15(21)18-13-5-6-14-12(10-13)9-11(2)17-14/h5-6,9-10,17,20H,4,7-8H2,1-3H3,(H2,18,19,21). The van der Waals surface area contributed by atoms with E-state index in [1.165, 1.54) is 0 Å². The zero-order valence-electron chi connectivity index (χ0n) is 12.8. The summed E-state index contributed by atoms with van der Waals surface area (Å²) in [6.45, 7) is 5.98. The Kier molecular flexibility index (Phi) is 4.53. The van der Waals surface area contributed by atoms with Crippen LogP contribution in [0.25, 0.3) is 10.9 Å². The Bertz CT molecular complexity index is 635. The number of hydrogen-bond donors (Lipinski definition) is 4. The lowest BCUT2D eigenvalue weighted by atomic mass is 9.95. The summed E-state index contributed by atoms with van der Waals surface area (Å²) in [6, 6.07) is 7.55. The average molecular weight is 289 g/mol. The van der Waals surface area contributed by atoms with E-state index in [0.717, 1.165) is 28.7 Å². The molecule has 114 valence electrons. The van der Waals surface area contributed by atoms with E-state index in [4.69, 9.17) is 5.11 Å². The Labute approximate surface area is 124 Å². The normalized spacial score (nSPS) is 13.9. The summed E-state index contributed by atoms with van der Waals surface area (Å²) >= 11 is 0. The Morgan fingerprint density at radius 1 is 1.38 bits per heavy atom. The van der Waals surface area contributed by atoms with Crippen LogP contribution in [0.1, 0.15) is 32.4 Å². The van der Waals surface area contributed by atoms with Gasteiger partial charge in [0.1, 0.15) is 0 Å². The monoisotopic (exact) mass is 289 g/mol. The van der Waals surface area contributed by atoms with Gasteiger partial charge in [-0.2, -0.15) is 0 Å². The average Bonchev–Trinajstić information content (AvgIpc) is 2.78. The molecule has 4 N–H and O–H groups in total. The van der Waals surface area contributed by atoms with Crippen molar-refractivity contribution in [2.75, 3.05) is 11.9 Å². The molecule has 0 spiro atoms. The largest absolute Gasteiger partial charge is 0.396 e. The van der Waals surface area contributed by atoms with Crippen LogP contribution in [0.2, 0.25) is 0 Å². The molecule has 0 aliphatic carbocycles. The van der Waals surface area contributed by atoms with Crippen LogP contribution >= 0.6 is 0 Å². The minimum absolute atomic E-state index is 0.0548. The summed E-state index contributed by atoms with van der Waals surface area (Å²) in [7, 11) is 0. The van der Waals surface area contributed by atoms with Gasteiger partial charge in [-0.25, -0.2) is 4.79 Å². The van der Waals surface area contributed by atoms with Crippen LogP contribution in [-0.2, 0) is 0 Å². The number of aryl methyl sites for hydroxylation is 1. The molecule has 21 heavy (non-hydrogen) atoms. The number of carbonyl (C=O) groups excluding carboxylic acids is 1. The van der Waals surface area contributed by atoms with Crippen LogP contribution in [0.3, 0.4) is 0 Å². The van der Waals surface area contributed by atoms with Gasteiger partial charge < -0.3 is 20.7 Å². The van der Waals surface area contributed by atoms with Gasteiger partial charge in [-0.1, -0.05) is 6.92 Å². The predicted molar refractivity (Wildman–Crippen MR) is 85.6 cm³/mol. The van der Waals surface area contributed by atoms with Crippen molar-refractivity contribution in [1.82, 2.24) is 10.3 Å². The number of benzene rings is 1. The molecule has 1 atom stereocenters. The van der Waals surface area contributed by atoms with Gasteiger partial charge in [0.15, 0.2) is 0 Å². The highest BCUT2D eigenvalue weighted by molar-refractivity contribution is 5.93. The Morgan fingerprint density at radius 2 is 2.14 bits per heavy atom. The number of aliphatic hydroxyl groups excluding tert-OH is 1. The molecule has 0 saturated carbocycles. The van der Waals surface area contributed by atoms with Crippen molar-refractivity contribution >= 4 is 22.6 Å². The van der Waals surface area contributed by atoms with Crippen molar-refractivity contribution in [3.8, 4) is 0 Å². The van der Waals surface area contributed by atoms with Crippen molar-refractivity contribution in [1.29, 1.82) is 0 Å². The van der Waals surface area contributed by atoms with Gasteiger partial charge in [0, 0.05) is 34.4 Å². The molecular formula is C16H23N3O2. The summed E-state index contributed by atoms with van der Waals surface area (Å²) in [6.07, 6.45) is 1.30. The molecule has 5 heteroatoms. The molecule has 0 aliphatic rings. The molecule has 1 heterocycles. The Hall–Kier alpha value is -2.01. The van der Waals surface area contributed by atoms with E-state index in [2.05, 4.69) is 15.6 Å². The number of aromatic nitrogens is 1. The smallest absolute Gasteiger partial charge is 0.319 e. The summed E-state index contributed by atoms with van der Waals surface area (Å²) in [5, 5.41) is 15.9. The van der Waals surface area contributed by atoms with E-state index in [1.54, 1.807) is 0 Å². The summed E-state index contributed by atoms with van der Waals surface area (Å²) in [4.78, 5) is 15.3. The van der Waals surface area contributed by atoms with Crippen LogP contribution in [0.4, 0.5) is 10.5 Å². The van der Waals surface area contributed by atoms with Gasteiger partial charge in [-0.3, -0.25) is 0 Å². The van der Waals surface area contributed by atoms with Crippen LogP contribution in [-0.4, -0.2) is 28.3 Å². The third-order valence-electron chi connectivity index (χ3n) is 3.87. The second-order valence-corrected chi connectivity index (χ2v) is 5.72. The van der Waals surface area contributed by atoms with E-state index in [9.17, 15) is 4.79 Å². The molecule has 1 unspecified atom stereocenters. The lowest BCUT2D eigenvalue weighted by Gasteiger charge is -2.29. The number of aromatic amines is 1. The number of aliphatic hydroxyl groups is 1. The number of rotatable bonds is 5. The highest BCUT2D eigenvalue weighted by Crippen LogP contribution is 2.20. The second kappa shape index (κ2) is 6.18. The van der Waals surface area contributed by atoms with Gasteiger partial charge in [0.25, 0.3) is 0 Å². The highest BCUT2D eigenvalue weighted by Gasteiger charge is 2.23. The zero-order chi connectivity index (χ0) is 15.5. The van der Waals surface area contributed by atoms with Gasteiger partial charge >= 0.3 is 6.03 Å². The van der Waals surface area contributed by atoms with Gasteiger partial charge in [-0.05, 0) is 51.0 Å². The van der Waals surface area contributed by atoms with E-state index < -0.39 is 5.54 Å². The number of anilines is 1. The first-order chi connectivity index (χ1) is 9.95. The molecule has 2 amide bonds. The van der Waals surface area contributed by atoms with Crippen molar-refractivity contribution < 1.29 is 9.90 Å². The molecule has 5 nitrogen and oxygen atoms in total.